The van der Waals surface area contributed by atoms with Crippen LogP contribution in [-0.2, 0) is 11.3 Å². The molecule has 0 radical (unpaired) electrons. The first-order valence-electron chi connectivity index (χ1n) is 7.63. The summed E-state index contributed by atoms with van der Waals surface area (Å²) in [6.45, 7) is 7.17. The lowest BCUT2D eigenvalue weighted by molar-refractivity contribution is -0.108. The summed E-state index contributed by atoms with van der Waals surface area (Å²) in [5, 5.41) is 0. The molecule has 0 amide bonds. The number of imidazole rings is 1. The number of morpholine rings is 1. The Bertz CT molecular complexity index is 538. The molecule has 2 atom stereocenters. The SMILES string of the molecule is CC(C)[C@H]1CN(Cc2ncc[nH]2)C[C@@H](c2ccccc2)O1. The van der Waals surface area contributed by atoms with Crippen molar-refractivity contribution in [2.45, 2.75) is 32.6 Å². The first kappa shape index (κ1) is 14.3. The third-order valence-electron chi connectivity index (χ3n) is 4.04. The Hall–Kier alpha value is -1.65. The van der Waals surface area contributed by atoms with Crippen LogP contribution in [0.1, 0.15) is 31.3 Å². The van der Waals surface area contributed by atoms with Gasteiger partial charge in [0.2, 0.25) is 0 Å². The quantitative estimate of drug-likeness (QED) is 0.939. The summed E-state index contributed by atoms with van der Waals surface area (Å²) in [6, 6.07) is 10.5. The zero-order chi connectivity index (χ0) is 14.7. The summed E-state index contributed by atoms with van der Waals surface area (Å²) in [4.78, 5) is 9.96. The van der Waals surface area contributed by atoms with Gasteiger partial charge in [0.15, 0.2) is 0 Å². The molecular formula is C17H23N3O. The summed E-state index contributed by atoms with van der Waals surface area (Å²) >= 11 is 0. The smallest absolute Gasteiger partial charge is 0.120 e. The molecule has 1 aliphatic rings. The summed E-state index contributed by atoms with van der Waals surface area (Å²) in [7, 11) is 0. The summed E-state index contributed by atoms with van der Waals surface area (Å²) < 4.78 is 6.31. The summed E-state index contributed by atoms with van der Waals surface area (Å²) in [5.41, 5.74) is 1.26. The number of rotatable bonds is 4. The van der Waals surface area contributed by atoms with Crippen molar-refractivity contribution in [3.8, 4) is 0 Å². The fraction of sp³-hybridized carbons (Fsp3) is 0.471. The lowest BCUT2D eigenvalue weighted by Crippen LogP contribution is -2.45. The van der Waals surface area contributed by atoms with Gasteiger partial charge in [-0.3, -0.25) is 4.90 Å². The molecule has 2 heterocycles. The van der Waals surface area contributed by atoms with Gasteiger partial charge in [0.05, 0.1) is 18.8 Å². The van der Waals surface area contributed by atoms with Crippen molar-refractivity contribution in [3.05, 3.63) is 54.1 Å². The van der Waals surface area contributed by atoms with Crippen LogP contribution in [0, 0.1) is 5.92 Å². The van der Waals surface area contributed by atoms with Gasteiger partial charge in [0.1, 0.15) is 5.82 Å². The lowest BCUT2D eigenvalue weighted by atomic mass is 10.0. The van der Waals surface area contributed by atoms with Crippen molar-refractivity contribution < 1.29 is 4.74 Å². The Kier molecular flexibility index (Phi) is 4.36. The molecule has 1 aromatic heterocycles. The standard InChI is InChI=1S/C17H23N3O/c1-13(2)15-10-20(12-17-18-8-9-19-17)11-16(21-15)14-6-4-3-5-7-14/h3-9,13,15-16H,10-12H2,1-2H3,(H,18,19)/t15-,16+/m1/s1. The number of aromatic amines is 1. The molecule has 0 bridgehead atoms. The third kappa shape index (κ3) is 3.52. The van der Waals surface area contributed by atoms with Gasteiger partial charge in [-0.05, 0) is 11.5 Å². The van der Waals surface area contributed by atoms with E-state index in [4.69, 9.17) is 4.74 Å². The van der Waals surface area contributed by atoms with E-state index in [0.29, 0.717) is 5.92 Å². The Labute approximate surface area is 126 Å². The zero-order valence-corrected chi connectivity index (χ0v) is 12.7. The highest BCUT2D eigenvalue weighted by molar-refractivity contribution is 5.18. The maximum atomic E-state index is 6.31. The van der Waals surface area contributed by atoms with Crippen LogP contribution in [0.3, 0.4) is 0 Å². The van der Waals surface area contributed by atoms with Crippen molar-refractivity contribution >= 4 is 0 Å². The maximum Gasteiger partial charge on any atom is 0.120 e. The zero-order valence-electron chi connectivity index (χ0n) is 12.7. The molecule has 2 aromatic rings. The van der Waals surface area contributed by atoms with Crippen LogP contribution in [-0.4, -0.2) is 34.1 Å². The monoisotopic (exact) mass is 285 g/mol. The highest BCUT2D eigenvalue weighted by Gasteiger charge is 2.30. The molecule has 1 aromatic carbocycles. The largest absolute Gasteiger partial charge is 0.367 e. The van der Waals surface area contributed by atoms with E-state index < -0.39 is 0 Å². The van der Waals surface area contributed by atoms with Crippen LogP contribution >= 0.6 is 0 Å². The van der Waals surface area contributed by atoms with E-state index in [1.54, 1.807) is 0 Å². The first-order chi connectivity index (χ1) is 10.2. The van der Waals surface area contributed by atoms with Crippen LogP contribution in [0.15, 0.2) is 42.7 Å². The number of benzene rings is 1. The second-order valence-electron chi connectivity index (χ2n) is 6.05. The molecule has 112 valence electrons. The topological polar surface area (TPSA) is 41.2 Å². The Morgan fingerprint density at radius 2 is 2.10 bits per heavy atom. The van der Waals surface area contributed by atoms with Gasteiger partial charge in [0, 0.05) is 25.5 Å². The summed E-state index contributed by atoms with van der Waals surface area (Å²) in [6.07, 6.45) is 4.09. The Balaban J connectivity index is 1.75. The van der Waals surface area contributed by atoms with Crippen LogP contribution in [0.25, 0.3) is 0 Å². The molecular weight excluding hydrogens is 262 g/mol. The minimum atomic E-state index is 0.141. The number of nitrogens with zero attached hydrogens (tertiary/aromatic N) is 2. The van der Waals surface area contributed by atoms with Crippen molar-refractivity contribution in [2.75, 3.05) is 13.1 Å². The van der Waals surface area contributed by atoms with Gasteiger partial charge in [-0.15, -0.1) is 0 Å². The predicted molar refractivity (Wildman–Crippen MR) is 82.8 cm³/mol. The normalized spacial score (nSPS) is 23.6. The minimum absolute atomic E-state index is 0.141. The number of hydrogen-bond donors (Lipinski definition) is 1. The molecule has 3 rings (SSSR count). The average Bonchev–Trinajstić information content (AvgIpc) is 3.01. The first-order valence-corrected chi connectivity index (χ1v) is 7.63. The van der Waals surface area contributed by atoms with Gasteiger partial charge in [-0.1, -0.05) is 44.2 Å². The van der Waals surface area contributed by atoms with Gasteiger partial charge in [-0.25, -0.2) is 4.98 Å². The second kappa shape index (κ2) is 6.41. The number of H-pyrrole nitrogens is 1. The molecule has 0 unspecified atom stereocenters. The minimum Gasteiger partial charge on any atom is -0.367 e. The predicted octanol–water partition coefficient (Wildman–Crippen LogP) is 3.01. The number of hydrogen-bond acceptors (Lipinski definition) is 3. The van der Waals surface area contributed by atoms with Crippen molar-refractivity contribution in [3.63, 3.8) is 0 Å². The Morgan fingerprint density at radius 1 is 1.29 bits per heavy atom. The fourth-order valence-corrected chi connectivity index (χ4v) is 2.81. The van der Waals surface area contributed by atoms with Crippen molar-refractivity contribution in [1.82, 2.24) is 14.9 Å². The molecule has 1 aliphatic heterocycles. The second-order valence-corrected chi connectivity index (χ2v) is 6.05. The summed E-state index contributed by atoms with van der Waals surface area (Å²) in [5.74, 6) is 1.53. The van der Waals surface area contributed by atoms with E-state index in [1.165, 1.54) is 5.56 Å². The lowest BCUT2D eigenvalue weighted by Gasteiger charge is -2.39. The highest BCUT2D eigenvalue weighted by Crippen LogP contribution is 2.28. The molecule has 1 fully saturated rings. The number of nitrogens with one attached hydrogen (secondary N) is 1. The molecule has 1 N–H and O–H groups in total. The van der Waals surface area contributed by atoms with Crippen LogP contribution in [0.2, 0.25) is 0 Å². The van der Waals surface area contributed by atoms with Gasteiger partial charge in [-0.2, -0.15) is 0 Å². The number of aromatic nitrogens is 2. The van der Waals surface area contributed by atoms with E-state index in [0.717, 1.165) is 25.5 Å². The van der Waals surface area contributed by atoms with Gasteiger partial charge in [0.25, 0.3) is 0 Å². The highest BCUT2D eigenvalue weighted by atomic mass is 16.5. The molecule has 0 spiro atoms. The van der Waals surface area contributed by atoms with E-state index in [-0.39, 0.29) is 12.2 Å². The molecule has 4 heteroatoms. The number of ether oxygens (including phenoxy) is 1. The fourth-order valence-electron chi connectivity index (χ4n) is 2.81. The van der Waals surface area contributed by atoms with Gasteiger partial charge >= 0.3 is 0 Å². The van der Waals surface area contributed by atoms with Crippen molar-refractivity contribution in [1.29, 1.82) is 0 Å². The van der Waals surface area contributed by atoms with E-state index in [1.807, 2.05) is 18.5 Å². The van der Waals surface area contributed by atoms with E-state index in [2.05, 4.69) is 53.0 Å². The molecule has 4 nitrogen and oxygen atoms in total. The van der Waals surface area contributed by atoms with Gasteiger partial charge < -0.3 is 9.72 Å². The Morgan fingerprint density at radius 3 is 2.76 bits per heavy atom. The average molecular weight is 285 g/mol. The molecule has 1 saturated heterocycles. The molecule has 21 heavy (non-hydrogen) atoms. The van der Waals surface area contributed by atoms with E-state index >= 15 is 0 Å². The third-order valence-corrected chi connectivity index (χ3v) is 4.04. The van der Waals surface area contributed by atoms with E-state index in [9.17, 15) is 0 Å². The van der Waals surface area contributed by atoms with Crippen LogP contribution < -0.4 is 0 Å². The van der Waals surface area contributed by atoms with Crippen LogP contribution in [0.5, 0.6) is 0 Å². The molecule has 0 aliphatic carbocycles. The van der Waals surface area contributed by atoms with Crippen LogP contribution in [0.4, 0.5) is 0 Å². The van der Waals surface area contributed by atoms with Crippen molar-refractivity contribution in [2.24, 2.45) is 5.92 Å². The molecule has 0 saturated carbocycles. The maximum absolute atomic E-state index is 6.31.